The Balaban J connectivity index is 1.45. The quantitative estimate of drug-likeness (QED) is 0.570. The molecular weight excluding hydrogens is 378 g/mol. The normalized spacial score (nSPS) is 21.9. The minimum Gasteiger partial charge on any atom is -0.383 e. The molecule has 8 nitrogen and oxygen atoms in total. The van der Waals surface area contributed by atoms with Crippen LogP contribution in [0.4, 0.5) is 14.6 Å². The van der Waals surface area contributed by atoms with E-state index in [1.165, 1.54) is 12.4 Å². The molecule has 0 atom stereocenters. The molecule has 154 valence electrons. The number of nitrogens with zero attached hydrogens (tertiary/aromatic N) is 4. The maximum atomic E-state index is 13.4. The summed E-state index contributed by atoms with van der Waals surface area (Å²) in [4.78, 5) is 8.17. The van der Waals surface area contributed by atoms with E-state index < -0.39 is 5.92 Å². The van der Waals surface area contributed by atoms with Crippen LogP contribution in [-0.4, -0.2) is 46.6 Å². The van der Waals surface area contributed by atoms with E-state index in [1.54, 1.807) is 11.2 Å². The summed E-state index contributed by atoms with van der Waals surface area (Å²) >= 11 is 0. The molecule has 0 unspecified atom stereocenters. The Morgan fingerprint density at radius 1 is 1.24 bits per heavy atom. The van der Waals surface area contributed by atoms with Gasteiger partial charge in [0.05, 0.1) is 24.1 Å². The van der Waals surface area contributed by atoms with Crippen molar-refractivity contribution in [3.05, 3.63) is 41.9 Å². The first-order chi connectivity index (χ1) is 14.0. The lowest BCUT2D eigenvalue weighted by atomic mass is 9.87. The number of nitrogens with one attached hydrogen (secondary N) is 4. The summed E-state index contributed by atoms with van der Waals surface area (Å²) in [6.07, 6.45) is 8.36. The maximum Gasteiger partial charge on any atom is 0.252 e. The first-order valence-corrected chi connectivity index (χ1v) is 9.81. The van der Waals surface area contributed by atoms with Crippen molar-refractivity contribution < 1.29 is 8.78 Å². The van der Waals surface area contributed by atoms with Gasteiger partial charge in [0.1, 0.15) is 17.7 Å². The van der Waals surface area contributed by atoms with Gasteiger partial charge in [-0.3, -0.25) is 5.01 Å². The first-order valence-electron chi connectivity index (χ1n) is 9.81. The van der Waals surface area contributed by atoms with Crippen molar-refractivity contribution in [3.8, 4) is 6.07 Å². The topological polar surface area (TPSA) is 101 Å². The fraction of sp³-hybridized carbons (Fsp3) is 0.526. The zero-order valence-electron chi connectivity index (χ0n) is 16.0. The van der Waals surface area contributed by atoms with E-state index in [0.29, 0.717) is 17.6 Å². The second-order valence-electron chi connectivity index (χ2n) is 7.64. The lowest BCUT2D eigenvalue weighted by molar-refractivity contribution is -0.124. The number of rotatable bonds is 6. The van der Waals surface area contributed by atoms with Crippen LogP contribution in [0.2, 0.25) is 0 Å². The molecule has 10 heteroatoms. The molecule has 1 saturated heterocycles. The highest BCUT2D eigenvalue weighted by atomic mass is 19.3. The van der Waals surface area contributed by atoms with Crippen LogP contribution in [0.25, 0.3) is 0 Å². The standard InChI is InChI=1S/C19H24F2N8/c20-19(21)6-16(7-19)29-18(28-17-12-25-15(8-22)10-26-17)5-14(11-27-29)24-9-13-1-3-23-4-2-13/h5,10-13,16,23-24,27H,1-4,6-7,9H2,(H,26,28). The number of alkyl halides is 2. The summed E-state index contributed by atoms with van der Waals surface area (Å²) in [6.45, 7) is 2.93. The zero-order valence-corrected chi connectivity index (χ0v) is 16.0. The molecule has 0 amide bonds. The zero-order chi connectivity index (χ0) is 20.3. The Kier molecular flexibility index (Phi) is 5.49. The van der Waals surface area contributed by atoms with Gasteiger partial charge in [0.15, 0.2) is 5.69 Å². The monoisotopic (exact) mass is 402 g/mol. The predicted molar refractivity (Wildman–Crippen MR) is 103 cm³/mol. The van der Waals surface area contributed by atoms with E-state index in [9.17, 15) is 8.78 Å². The van der Waals surface area contributed by atoms with E-state index >= 15 is 0 Å². The van der Waals surface area contributed by atoms with Crippen molar-refractivity contribution >= 4 is 5.82 Å². The van der Waals surface area contributed by atoms with Crippen LogP contribution in [0.1, 0.15) is 31.4 Å². The van der Waals surface area contributed by atoms with Crippen LogP contribution in [-0.2, 0) is 0 Å². The fourth-order valence-electron chi connectivity index (χ4n) is 3.71. The molecule has 1 aromatic rings. The van der Waals surface area contributed by atoms with Crippen LogP contribution in [0.15, 0.2) is 36.2 Å². The summed E-state index contributed by atoms with van der Waals surface area (Å²) < 4.78 is 26.8. The van der Waals surface area contributed by atoms with E-state index in [0.717, 1.165) is 38.2 Å². The van der Waals surface area contributed by atoms with Gasteiger partial charge in [0.2, 0.25) is 0 Å². The second-order valence-corrected chi connectivity index (χ2v) is 7.64. The highest BCUT2D eigenvalue weighted by Gasteiger charge is 2.49. The van der Waals surface area contributed by atoms with Gasteiger partial charge >= 0.3 is 0 Å². The largest absolute Gasteiger partial charge is 0.383 e. The second kappa shape index (κ2) is 8.21. The number of aromatic nitrogens is 2. The van der Waals surface area contributed by atoms with Crippen molar-refractivity contribution in [2.75, 3.05) is 25.0 Å². The molecule has 1 aliphatic carbocycles. The molecule has 3 heterocycles. The van der Waals surface area contributed by atoms with Crippen LogP contribution >= 0.6 is 0 Å². The summed E-state index contributed by atoms with van der Waals surface area (Å²) in [5, 5.41) is 20.5. The van der Waals surface area contributed by atoms with Gasteiger partial charge in [0.25, 0.3) is 5.92 Å². The Morgan fingerprint density at radius 2 is 2.03 bits per heavy atom. The van der Waals surface area contributed by atoms with Crippen LogP contribution in [0.3, 0.4) is 0 Å². The van der Waals surface area contributed by atoms with Gasteiger partial charge in [-0.1, -0.05) is 0 Å². The molecule has 3 aliphatic rings. The fourth-order valence-corrected chi connectivity index (χ4v) is 3.71. The Morgan fingerprint density at radius 3 is 2.69 bits per heavy atom. The number of allylic oxidation sites excluding steroid dienone is 1. The van der Waals surface area contributed by atoms with Gasteiger partial charge in [-0.25, -0.2) is 18.7 Å². The lowest BCUT2D eigenvalue weighted by Gasteiger charge is -2.45. The number of hydrazine groups is 1. The average molecular weight is 402 g/mol. The van der Waals surface area contributed by atoms with Gasteiger partial charge in [-0.05, 0) is 31.8 Å². The van der Waals surface area contributed by atoms with Crippen LogP contribution in [0, 0.1) is 17.2 Å². The number of hydrogen-bond donors (Lipinski definition) is 4. The van der Waals surface area contributed by atoms with Crippen molar-refractivity contribution in [2.45, 2.75) is 37.6 Å². The van der Waals surface area contributed by atoms with Gasteiger partial charge in [-0.2, -0.15) is 5.26 Å². The number of nitriles is 1. The van der Waals surface area contributed by atoms with E-state index in [2.05, 4.69) is 31.3 Å². The minimum atomic E-state index is -2.62. The SMILES string of the molecule is N#Cc1cnc(NC2=CC(NCC3CCNCC3)=CNN2C2CC(F)(F)C2)cn1. The predicted octanol–water partition coefficient (Wildman–Crippen LogP) is 1.65. The summed E-state index contributed by atoms with van der Waals surface area (Å²) in [6, 6.07) is 1.60. The highest BCUT2D eigenvalue weighted by Crippen LogP contribution is 2.41. The molecule has 0 spiro atoms. The third kappa shape index (κ3) is 4.74. The van der Waals surface area contributed by atoms with Crippen LogP contribution < -0.4 is 21.4 Å². The molecule has 0 radical (unpaired) electrons. The number of halogens is 2. The van der Waals surface area contributed by atoms with Gasteiger partial charge in [-0.15, -0.1) is 0 Å². The Bertz CT molecular complexity index is 816. The number of anilines is 1. The molecular formula is C19H24F2N8. The average Bonchev–Trinajstić information content (AvgIpc) is 2.72. The summed E-state index contributed by atoms with van der Waals surface area (Å²) in [5.41, 5.74) is 4.21. The third-order valence-corrected chi connectivity index (χ3v) is 5.42. The maximum absolute atomic E-state index is 13.4. The van der Waals surface area contributed by atoms with E-state index in [1.807, 2.05) is 12.1 Å². The minimum absolute atomic E-state index is 0.205. The Labute approximate surface area is 168 Å². The summed E-state index contributed by atoms with van der Waals surface area (Å²) in [7, 11) is 0. The van der Waals surface area contributed by atoms with Crippen molar-refractivity contribution in [2.24, 2.45) is 5.92 Å². The summed E-state index contributed by atoms with van der Waals surface area (Å²) in [5.74, 6) is -0.967. The first kappa shape index (κ1) is 19.4. The van der Waals surface area contributed by atoms with Crippen molar-refractivity contribution in [1.82, 2.24) is 31.0 Å². The van der Waals surface area contributed by atoms with Gasteiger partial charge in [0, 0.05) is 31.7 Å². The smallest absolute Gasteiger partial charge is 0.252 e. The molecule has 1 aromatic heterocycles. The van der Waals surface area contributed by atoms with Crippen molar-refractivity contribution in [1.29, 1.82) is 5.26 Å². The molecule has 0 bridgehead atoms. The lowest BCUT2D eigenvalue weighted by Crippen LogP contribution is -2.56. The molecule has 2 fully saturated rings. The Hall–Kier alpha value is -2.93. The molecule has 29 heavy (non-hydrogen) atoms. The molecule has 4 rings (SSSR count). The van der Waals surface area contributed by atoms with E-state index in [-0.39, 0.29) is 24.6 Å². The number of hydrogen-bond acceptors (Lipinski definition) is 8. The number of piperidine rings is 1. The van der Waals surface area contributed by atoms with Crippen molar-refractivity contribution in [3.63, 3.8) is 0 Å². The molecule has 2 aliphatic heterocycles. The molecule has 4 N–H and O–H groups in total. The van der Waals surface area contributed by atoms with Gasteiger partial charge < -0.3 is 21.4 Å². The van der Waals surface area contributed by atoms with Crippen LogP contribution in [0.5, 0.6) is 0 Å². The van der Waals surface area contributed by atoms with E-state index in [4.69, 9.17) is 5.26 Å². The molecule has 0 aromatic carbocycles. The third-order valence-electron chi connectivity index (χ3n) is 5.42. The molecule has 1 saturated carbocycles. The highest BCUT2D eigenvalue weighted by molar-refractivity contribution is 5.43.